The fourth-order valence-electron chi connectivity index (χ4n) is 2.38. The molecule has 20 heavy (non-hydrogen) atoms. The molecule has 0 radical (unpaired) electrons. The minimum atomic E-state index is -0.210. The van der Waals surface area contributed by atoms with Gasteiger partial charge in [-0.3, -0.25) is 4.79 Å². The van der Waals surface area contributed by atoms with Crippen molar-refractivity contribution < 1.29 is 9.53 Å². The highest BCUT2D eigenvalue weighted by Crippen LogP contribution is 2.39. The summed E-state index contributed by atoms with van der Waals surface area (Å²) < 4.78 is 5.12. The molecular formula is C14H15N3O2S. The number of fused-ring (bicyclic) bond motifs is 1. The standard InChI is InChI=1S/C14H15N3O2S/c1-3-19-14(18)9-4-5-11-12(9)17-13(20-11)10-6-7-15-8(2)16-10/h6-7,9H,3-5H2,1-2H3. The van der Waals surface area contributed by atoms with E-state index in [9.17, 15) is 4.79 Å². The SMILES string of the molecule is CCOC(=O)C1CCc2sc(-c3ccnc(C)n3)nc21. The Kier molecular flexibility index (Phi) is 3.48. The molecule has 0 amide bonds. The van der Waals surface area contributed by atoms with Crippen molar-refractivity contribution in [2.45, 2.75) is 32.6 Å². The van der Waals surface area contributed by atoms with Gasteiger partial charge in [-0.1, -0.05) is 0 Å². The minimum absolute atomic E-state index is 0.165. The molecule has 2 aromatic heterocycles. The Hall–Kier alpha value is -1.82. The summed E-state index contributed by atoms with van der Waals surface area (Å²) in [5, 5.41) is 0.856. The van der Waals surface area contributed by atoms with E-state index in [2.05, 4.69) is 15.0 Å². The number of carbonyl (C=O) groups is 1. The topological polar surface area (TPSA) is 65.0 Å². The number of hydrogen-bond acceptors (Lipinski definition) is 6. The van der Waals surface area contributed by atoms with Crippen LogP contribution in [0.5, 0.6) is 0 Å². The van der Waals surface area contributed by atoms with E-state index in [1.54, 1.807) is 17.5 Å². The van der Waals surface area contributed by atoms with E-state index >= 15 is 0 Å². The third-order valence-electron chi connectivity index (χ3n) is 3.28. The lowest BCUT2D eigenvalue weighted by Gasteiger charge is -2.07. The molecule has 6 heteroatoms. The van der Waals surface area contributed by atoms with Gasteiger partial charge in [0, 0.05) is 11.1 Å². The first-order valence-electron chi connectivity index (χ1n) is 6.65. The molecule has 0 aliphatic heterocycles. The van der Waals surface area contributed by atoms with Gasteiger partial charge in [0.1, 0.15) is 22.4 Å². The lowest BCUT2D eigenvalue weighted by Crippen LogP contribution is -2.14. The summed E-state index contributed by atoms with van der Waals surface area (Å²) in [6.07, 6.45) is 3.42. The number of thiazole rings is 1. The van der Waals surface area contributed by atoms with Crippen LogP contribution in [0.2, 0.25) is 0 Å². The fourth-order valence-corrected chi connectivity index (χ4v) is 3.49. The number of esters is 1. The molecule has 5 nitrogen and oxygen atoms in total. The predicted octanol–water partition coefficient (Wildman–Crippen LogP) is 2.50. The zero-order chi connectivity index (χ0) is 14.1. The van der Waals surface area contributed by atoms with Crippen LogP contribution in [-0.4, -0.2) is 27.5 Å². The van der Waals surface area contributed by atoms with Gasteiger partial charge < -0.3 is 4.74 Å². The van der Waals surface area contributed by atoms with Gasteiger partial charge in [0.25, 0.3) is 0 Å². The van der Waals surface area contributed by atoms with Gasteiger partial charge in [0.05, 0.1) is 12.3 Å². The summed E-state index contributed by atoms with van der Waals surface area (Å²) in [6.45, 7) is 4.09. The van der Waals surface area contributed by atoms with Gasteiger partial charge in [-0.2, -0.15) is 0 Å². The molecule has 1 atom stereocenters. The molecule has 1 aliphatic carbocycles. The zero-order valence-corrected chi connectivity index (χ0v) is 12.2. The first-order chi connectivity index (χ1) is 9.69. The van der Waals surface area contributed by atoms with Crippen LogP contribution in [0.1, 0.15) is 35.7 Å². The Morgan fingerprint density at radius 2 is 2.35 bits per heavy atom. The van der Waals surface area contributed by atoms with E-state index in [1.165, 1.54) is 4.88 Å². The van der Waals surface area contributed by atoms with Crippen molar-refractivity contribution in [3.63, 3.8) is 0 Å². The largest absolute Gasteiger partial charge is 0.465 e. The second-order valence-electron chi connectivity index (χ2n) is 4.66. The van der Waals surface area contributed by atoms with E-state index in [0.717, 1.165) is 35.1 Å². The lowest BCUT2D eigenvalue weighted by molar-refractivity contribution is -0.145. The van der Waals surface area contributed by atoms with E-state index in [-0.39, 0.29) is 11.9 Å². The van der Waals surface area contributed by atoms with Gasteiger partial charge in [-0.05, 0) is 32.8 Å². The monoisotopic (exact) mass is 289 g/mol. The van der Waals surface area contributed by atoms with Crippen LogP contribution in [0.3, 0.4) is 0 Å². The molecule has 0 spiro atoms. The molecular weight excluding hydrogens is 274 g/mol. The molecule has 3 rings (SSSR count). The first kappa shape index (κ1) is 13.2. The second-order valence-corrected chi connectivity index (χ2v) is 5.74. The van der Waals surface area contributed by atoms with Crippen LogP contribution in [0.25, 0.3) is 10.7 Å². The Labute approximate surface area is 121 Å². The summed E-state index contributed by atoms with van der Waals surface area (Å²) in [4.78, 5) is 26.2. The van der Waals surface area contributed by atoms with Gasteiger partial charge in [-0.15, -0.1) is 11.3 Å². The van der Waals surface area contributed by atoms with Crippen molar-refractivity contribution in [3.05, 3.63) is 28.7 Å². The number of nitrogens with zero attached hydrogens (tertiary/aromatic N) is 3. The number of hydrogen-bond donors (Lipinski definition) is 0. The Morgan fingerprint density at radius 3 is 3.10 bits per heavy atom. The highest BCUT2D eigenvalue weighted by Gasteiger charge is 2.33. The summed E-state index contributed by atoms with van der Waals surface area (Å²) in [7, 11) is 0. The molecule has 2 heterocycles. The number of rotatable bonds is 3. The number of ether oxygens (including phenoxy) is 1. The van der Waals surface area contributed by atoms with Crippen LogP contribution in [0.15, 0.2) is 12.3 Å². The first-order valence-corrected chi connectivity index (χ1v) is 7.47. The average molecular weight is 289 g/mol. The van der Waals surface area contributed by atoms with Crippen LogP contribution in [-0.2, 0) is 16.0 Å². The second kappa shape index (κ2) is 5.28. The van der Waals surface area contributed by atoms with E-state index in [4.69, 9.17) is 4.74 Å². The average Bonchev–Trinajstić information content (AvgIpc) is 2.98. The quantitative estimate of drug-likeness (QED) is 0.812. The molecule has 0 saturated carbocycles. The lowest BCUT2D eigenvalue weighted by atomic mass is 10.1. The third kappa shape index (κ3) is 2.31. The zero-order valence-electron chi connectivity index (χ0n) is 11.4. The van der Waals surface area contributed by atoms with Gasteiger partial charge in [-0.25, -0.2) is 15.0 Å². The molecule has 0 N–H and O–H groups in total. The Bertz CT molecular complexity index is 654. The summed E-state index contributed by atoms with van der Waals surface area (Å²) in [6, 6.07) is 1.85. The number of aromatic nitrogens is 3. The van der Waals surface area contributed by atoms with Gasteiger partial charge in [0.15, 0.2) is 0 Å². The molecule has 0 saturated heterocycles. The van der Waals surface area contributed by atoms with Crippen LogP contribution in [0, 0.1) is 6.92 Å². The van der Waals surface area contributed by atoms with Crippen LogP contribution >= 0.6 is 11.3 Å². The molecule has 0 fully saturated rings. The van der Waals surface area contributed by atoms with Crippen molar-refractivity contribution in [2.24, 2.45) is 0 Å². The maximum Gasteiger partial charge on any atom is 0.315 e. The van der Waals surface area contributed by atoms with Gasteiger partial charge >= 0.3 is 5.97 Å². The van der Waals surface area contributed by atoms with Crippen molar-refractivity contribution in [3.8, 4) is 10.7 Å². The number of aryl methyl sites for hydroxylation is 2. The summed E-state index contributed by atoms with van der Waals surface area (Å²) in [5.74, 6) is 0.347. The Morgan fingerprint density at radius 1 is 1.50 bits per heavy atom. The highest BCUT2D eigenvalue weighted by molar-refractivity contribution is 7.15. The molecule has 0 aromatic carbocycles. The molecule has 2 aromatic rings. The fraction of sp³-hybridized carbons (Fsp3) is 0.429. The van der Waals surface area contributed by atoms with Crippen LogP contribution in [0.4, 0.5) is 0 Å². The van der Waals surface area contributed by atoms with Gasteiger partial charge in [0.2, 0.25) is 0 Å². The van der Waals surface area contributed by atoms with E-state index in [0.29, 0.717) is 6.61 Å². The minimum Gasteiger partial charge on any atom is -0.465 e. The van der Waals surface area contributed by atoms with Crippen molar-refractivity contribution in [1.29, 1.82) is 0 Å². The van der Waals surface area contributed by atoms with E-state index < -0.39 is 0 Å². The van der Waals surface area contributed by atoms with Crippen molar-refractivity contribution in [1.82, 2.24) is 15.0 Å². The predicted molar refractivity (Wildman–Crippen MR) is 75.6 cm³/mol. The van der Waals surface area contributed by atoms with E-state index in [1.807, 2.05) is 19.9 Å². The maximum absolute atomic E-state index is 11.9. The summed E-state index contributed by atoms with van der Waals surface area (Å²) >= 11 is 1.61. The number of carbonyl (C=O) groups excluding carboxylic acids is 1. The smallest absolute Gasteiger partial charge is 0.315 e. The maximum atomic E-state index is 11.9. The molecule has 0 bridgehead atoms. The third-order valence-corrected chi connectivity index (χ3v) is 4.44. The highest BCUT2D eigenvalue weighted by atomic mass is 32.1. The molecule has 104 valence electrons. The van der Waals surface area contributed by atoms with Crippen molar-refractivity contribution >= 4 is 17.3 Å². The Balaban J connectivity index is 1.92. The summed E-state index contributed by atoms with van der Waals surface area (Å²) in [5.41, 5.74) is 1.69. The normalized spacial score (nSPS) is 17.0. The van der Waals surface area contributed by atoms with Crippen LogP contribution < -0.4 is 0 Å². The van der Waals surface area contributed by atoms with Crippen molar-refractivity contribution in [2.75, 3.05) is 6.61 Å². The molecule has 1 unspecified atom stereocenters. The molecule has 1 aliphatic rings.